The lowest BCUT2D eigenvalue weighted by molar-refractivity contribution is 0.0694. The Bertz CT molecular complexity index is 791. The highest BCUT2D eigenvalue weighted by Gasteiger charge is 2.33. The summed E-state index contributed by atoms with van der Waals surface area (Å²) in [7, 11) is 3.49. The lowest BCUT2D eigenvalue weighted by Gasteiger charge is -2.38. The third-order valence-corrected chi connectivity index (χ3v) is 4.78. The van der Waals surface area contributed by atoms with Crippen LogP contribution < -0.4 is 20.1 Å². The molecule has 0 fully saturated rings. The fourth-order valence-corrected chi connectivity index (χ4v) is 3.41. The van der Waals surface area contributed by atoms with Gasteiger partial charge in [0.1, 0.15) is 17.1 Å². The Hall–Kier alpha value is -1.96. The molecule has 0 radical (unpaired) electrons. The number of aliphatic imine (C=N–C) groups is 1. The van der Waals surface area contributed by atoms with E-state index in [9.17, 15) is 0 Å². The SMILES string of the molecule is CN=C(NCCc1ccc(OC)cc1)NC1CC(C)(C)Oc2ccccc21.I. The number of nitrogens with one attached hydrogen (secondary N) is 2. The maximum atomic E-state index is 6.11. The van der Waals surface area contributed by atoms with Crippen molar-refractivity contribution in [2.45, 2.75) is 38.3 Å². The molecule has 0 aromatic heterocycles. The van der Waals surface area contributed by atoms with E-state index in [0.717, 1.165) is 36.8 Å². The average molecular weight is 495 g/mol. The van der Waals surface area contributed by atoms with Crippen molar-refractivity contribution in [3.8, 4) is 11.5 Å². The van der Waals surface area contributed by atoms with Gasteiger partial charge in [0.2, 0.25) is 0 Å². The molecule has 0 amide bonds. The van der Waals surface area contributed by atoms with Crippen molar-refractivity contribution in [3.63, 3.8) is 0 Å². The molecule has 0 spiro atoms. The first-order chi connectivity index (χ1) is 13.0. The Morgan fingerprint density at radius 2 is 1.89 bits per heavy atom. The molecule has 1 aliphatic heterocycles. The Morgan fingerprint density at radius 3 is 2.57 bits per heavy atom. The largest absolute Gasteiger partial charge is 0.497 e. The van der Waals surface area contributed by atoms with Gasteiger partial charge >= 0.3 is 0 Å². The van der Waals surface area contributed by atoms with Crippen LogP contribution in [0.5, 0.6) is 11.5 Å². The van der Waals surface area contributed by atoms with Crippen LogP contribution in [0.1, 0.15) is 37.4 Å². The Labute approximate surface area is 184 Å². The van der Waals surface area contributed by atoms with Crippen molar-refractivity contribution >= 4 is 29.9 Å². The van der Waals surface area contributed by atoms with Crippen molar-refractivity contribution in [3.05, 3.63) is 59.7 Å². The molecule has 5 nitrogen and oxygen atoms in total. The summed E-state index contributed by atoms with van der Waals surface area (Å²) >= 11 is 0. The summed E-state index contributed by atoms with van der Waals surface area (Å²) in [5.41, 5.74) is 2.22. The number of rotatable bonds is 5. The zero-order valence-corrected chi connectivity index (χ0v) is 19.3. The number of nitrogens with zero attached hydrogens (tertiary/aromatic N) is 1. The molecule has 0 saturated heterocycles. The van der Waals surface area contributed by atoms with Gasteiger partial charge in [0.05, 0.1) is 13.2 Å². The third kappa shape index (κ3) is 5.77. The van der Waals surface area contributed by atoms with Gasteiger partial charge in [-0.15, -0.1) is 24.0 Å². The highest BCUT2D eigenvalue weighted by molar-refractivity contribution is 14.0. The predicted octanol–water partition coefficient (Wildman–Crippen LogP) is 4.32. The van der Waals surface area contributed by atoms with Gasteiger partial charge in [-0.05, 0) is 44.0 Å². The second-order valence-electron chi connectivity index (χ2n) is 7.40. The van der Waals surface area contributed by atoms with Gasteiger partial charge in [-0.2, -0.15) is 0 Å². The monoisotopic (exact) mass is 495 g/mol. The minimum atomic E-state index is -0.214. The maximum Gasteiger partial charge on any atom is 0.191 e. The molecule has 28 heavy (non-hydrogen) atoms. The van der Waals surface area contributed by atoms with E-state index in [2.05, 4.69) is 53.7 Å². The minimum absolute atomic E-state index is 0. The van der Waals surface area contributed by atoms with E-state index < -0.39 is 0 Å². The van der Waals surface area contributed by atoms with E-state index in [1.54, 1.807) is 14.2 Å². The summed E-state index contributed by atoms with van der Waals surface area (Å²) in [5, 5.41) is 6.98. The number of halogens is 1. The van der Waals surface area contributed by atoms with Crippen LogP contribution in [0.4, 0.5) is 0 Å². The van der Waals surface area contributed by atoms with Gasteiger partial charge in [-0.3, -0.25) is 4.99 Å². The lowest BCUT2D eigenvalue weighted by Crippen LogP contribution is -2.45. The predicted molar refractivity (Wildman–Crippen MR) is 125 cm³/mol. The Morgan fingerprint density at radius 1 is 1.18 bits per heavy atom. The molecule has 1 atom stereocenters. The summed E-state index contributed by atoms with van der Waals surface area (Å²) in [6, 6.07) is 16.5. The molecule has 1 aliphatic rings. The normalized spacial score (nSPS) is 17.6. The molecule has 2 N–H and O–H groups in total. The molecule has 0 saturated carbocycles. The molecule has 3 rings (SSSR count). The Kier molecular flexibility index (Phi) is 7.98. The maximum absolute atomic E-state index is 6.11. The molecule has 1 heterocycles. The van der Waals surface area contributed by atoms with Crippen molar-refractivity contribution in [1.29, 1.82) is 0 Å². The molecule has 152 valence electrons. The summed E-state index contributed by atoms with van der Waals surface area (Å²) in [6.45, 7) is 5.05. The van der Waals surface area contributed by atoms with Crippen molar-refractivity contribution in [2.75, 3.05) is 20.7 Å². The van der Waals surface area contributed by atoms with Crippen LogP contribution in [0.15, 0.2) is 53.5 Å². The zero-order chi connectivity index (χ0) is 19.3. The first-order valence-corrected chi connectivity index (χ1v) is 9.39. The molecule has 2 aromatic rings. The molecule has 0 aliphatic carbocycles. The average Bonchev–Trinajstić information content (AvgIpc) is 2.66. The van der Waals surface area contributed by atoms with Crippen LogP contribution in [0.25, 0.3) is 0 Å². The topological polar surface area (TPSA) is 54.9 Å². The van der Waals surface area contributed by atoms with E-state index in [1.165, 1.54) is 11.1 Å². The number of methoxy groups -OCH3 is 1. The molecule has 1 unspecified atom stereocenters. The van der Waals surface area contributed by atoms with E-state index in [4.69, 9.17) is 9.47 Å². The highest BCUT2D eigenvalue weighted by atomic mass is 127. The van der Waals surface area contributed by atoms with Crippen molar-refractivity contribution in [1.82, 2.24) is 10.6 Å². The molecule has 2 aromatic carbocycles. The first-order valence-electron chi connectivity index (χ1n) is 9.39. The summed E-state index contributed by atoms with van der Waals surface area (Å²) in [4.78, 5) is 4.40. The summed E-state index contributed by atoms with van der Waals surface area (Å²) in [6.07, 6.45) is 1.80. The van der Waals surface area contributed by atoms with Gasteiger partial charge in [-0.25, -0.2) is 0 Å². The third-order valence-electron chi connectivity index (χ3n) is 4.78. The summed E-state index contributed by atoms with van der Waals surface area (Å²) in [5.74, 6) is 2.63. The van der Waals surface area contributed by atoms with Gasteiger partial charge in [-0.1, -0.05) is 30.3 Å². The fraction of sp³-hybridized carbons (Fsp3) is 0.409. The molecule has 6 heteroatoms. The second-order valence-corrected chi connectivity index (χ2v) is 7.40. The standard InChI is InChI=1S/C22H29N3O2.HI/c1-22(2)15-19(18-7-5-6-8-20(18)27-22)25-21(23-3)24-14-13-16-9-11-17(26-4)12-10-16;/h5-12,19H,13-15H2,1-4H3,(H2,23,24,25);1H. The minimum Gasteiger partial charge on any atom is -0.497 e. The number of ether oxygens (including phenoxy) is 2. The van der Waals surface area contributed by atoms with E-state index >= 15 is 0 Å². The Balaban J connectivity index is 0.00000280. The van der Waals surface area contributed by atoms with E-state index in [0.29, 0.717) is 0 Å². The number of guanidine groups is 1. The van der Waals surface area contributed by atoms with Crippen LogP contribution in [-0.2, 0) is 6.42 Å². The second kappa shape index (κ2) is 10.0. The number of hydrogen-bond acceptors (Lipinski definition) is 3. The fourth-order valence-electron chi connectivity index (χ4n) is 3.41. The number of fused-ring (bicyclic) bond motifs is 1. The van der Waals surface area contributed by atoms with E-state index in [1.807, 2.05) is 24.3 Å². The summed E-state index contributed by atoms with van der Waals surface area (Å²) < 4.78 is 11.3. The van der Waals surface area contributed by atoms with Crippen molar-refractivity contribution < 1.29 is 9.47 Å². The van der Waals surface area contributed by atoms with E-state index in [-0.39, 0.29) is 35.6 Å². The molecular weight excluding hydrogens is 465 g/mol. The molecular formula is C22H30IN3O2. The van der Waals surface area contributed by atoms with Crippen LogP contribution >= 0.6 is 24.0 Å². The van der Waals surface area contributed by atoms with Crippen LogP contribution in [-0.4, -0.2) is 32.3 Å². The zero-order valence-electron chi connectivity index (χ0n) is 17.0. The van der Waals surface area contributed by atoms with Crippen LogP contribution in [0, 0.1) is 0 Å². The highest BCUT2D eigenvalue weighted by Crippen LogP contribution is 2.39. The van der Waals surface area contributed by atoms with Gasteiger partial charge in [0.15, 0.2) is 5.96 Å². The lowest BCUT2D eigenvalue weighted by atomic mass is 9.90. The number of hydrogen-bond donors (Lipinski definition) is 2. The van der Waals surface area contributed by atoms with Crippen LogP contribution in [0.2, 0.25) is 0 Å². The molecule has 0 bridgehead atoms. The van der Waals surface area contributed by atoms with Crippen LogP contribution in [0.3, 0.4) is 0 Å². The number of para-hydroxylation sites is 1. The number of benzene rings is 2. The van der Waals surface area contributed by atoms with Gasteiger partial charge in [0.25, 0.3) is 0 Å². The van der Waals surface area contributed by atoms with Gasteiger partial charge in [0, 0.05) is 25.6 Å². The van der Waals surface area contributed by atoms with Gasteiger partial charge < -0.3 is 20.1 Å². The van der Waals surface area contributed by atoms with Crippen molar-refractivity contribution in [2.24, 2.45) is 4.99 Å². The smallest absolute Gasteiger partial charge is 0.191 e. The first kappa shape index (κ1) is 22.3. The quantitative estimate of drug-likeness (QED) is 0.369.